The van der Waals surface area contributed by atoms with E-state index in [1.807, 2.05) is 30.3 Å². The van der Waals surface area contributed by atoms with E-state index in [4.69, 9.17) is 0 Å². The number of hydrogen-bond acceptors (Lipinski definition) is 2. The zero-order valence-electron chi connectivity index (χ0n) is 13.8. The van der Waals surface area contributed by atoms with E-state index in [2.05, 4.69) is 5.32 Å². The van der Waals surface area contributed by atoms with E-state index in [0.717, 1.165) is 12.0 Å². The summed E-state index contributed by atoms with van der Waals surface area (Å²) >= 11 is 0. The normalized spacial score (nSPS) is 11.6. The summed E-state index contributed by atoms with van der Waals surface area (Å²) in [6, 6.07) is 14.7. The number of carbonyl (C=O) groups excluding carboxylic acids is 2. The first-order chi connectivity index (χ1) is 11.5. The van der Waals surface area contributed by atoms with Crippen molar-refractivity contribution < 1.29 is 14.0 Å². The molecule has 0 saturated carbocycles. The van der Waals surface area contributed by atoms with E-state index in [9.17, 15) is 14.0 Å². The van der Waals surface area contributed by atoms with Gasteiger partial charge in [-0.15, -0.1) is 0 Å². The molecule has 0 bridgehead atoms. The number of nitrogens with zero attached hydrogens (tertiary/aromatic N) is 1. The van der Waals surface area contributed by atoms with Crippen LogP contribution in [0.4, 0.5) is 10.1 Å². The van der Waals surface area contributed by atoms with Gasteiger partial charge in [-0.1, -0.05) is 30.3 Å². The molecule has 0 aliphatic carbocycles. The summed E-state index contributed by atoms with van der Waals surface area (Å²) in [5.41, 5.74) is 1.63. The first-order valence-corrected chi connectivity index (χ1v) is 7.86. The largest absolute Gasteiger partial charge is 0.354 e. The van der Waals surface area contributed by atoms with Gasteiger partial charge < -0.3 is 10.2 Å². The number of nitrogens with one attached hydrogen (secondary N) is 1. The summed E-state index contributed by atoms with van der Waals surface area (Å²) in [7, 11) is 0. The minimum atomic E-state index is -0.677. The van der Waals surface area contributed by atoms with Crippen molar-refractivity contribution in [3.8, 4) is 0 Å². The van der Waals surface area contributed by atoms with Crippen molar-refractivity contribution in [2.45, 2.75) is 26.3 Å². The molecule has 2 aromatic carbocycles. The van der Waals surface area contributed by atoms with Crippen molar-refractivity contribution in [2.24, 2.45) is 0 Å². The smallest absolute Gasteiger partial charge is 0.242 e. The number of carbonyl (C=O) groups is 2. The van der Waals surface area contributed by atoms with E-state index in [0.29, 0.717) is 12.2 Å². The van der Waals surface area contributed by atoms with Crippen LogP contribution in [0, 0.1) is 5.82 Å². The molecule has 4 nitrogen and oxygen atoms in total. The highest BCUT2D eigenvalue weighted by atomic mass is 19.1. The van der Waals surface area contributed by atoms with Crippen LogP contribution in [0.25, 0.3) is 0 Å². The monoisotopic (exact) mass is 328 g/mol. The van der Waals surface area contributed by atoms with Crippen LogP contribution < -0.4 is 10.2 Å². The Morgan fingerprint density at radius 2 is 1.71 bits per heavy atom. The van der Waals surface area contributed by atoms with Crippen LogP contribution in [0.15, 0.2) is 54.6 Å². The lowest BCUT2D eigenvalue weighted by Gasteiger charge is -2.27. The third-order valence-electron chi connectivity index (χ3n) is 3.77. The highest BCUT2D eigenvalue weighted by molar-refractivity contribution is 5.99. The van der Waals surface area contributed by atoms with Gasteiger partial charge in [0.05, 0.1) is 0 Å². The quantitative estimate of drug-likeness (QED) is 0.886. The number of benzene rings is 2. The summed E-state index contributed by atoms with van der Waals surface area (Å²) in [6.45, 7) is 3.53. The molecule has 0 radical (unpaired) electrons. The van der Waals surface area contributed by atoms with Gasteiger partial charge in [0, 0.05) is 19.2 Å². The fraction of sp³-hybridized carbons (Fsp3) is 0.263. The predicted molar refractivity (Wildman–Crippen MR) is 92.2 cm³/mol. The van der Waals surface area contributed by atoms with E-state index >= 15 is 0 Å². The molecule has 0 aliphatic rings. The van der Waals surface area contributed by atoms with Crippen molar-refractivity contribution in [3.63, 3.8) is 0 Å². The maximum absolute atomic E-state index is 13.1. The van der Waals surface area contributed by atoms with Crippen molar-refractivity contribution in [1.82, 2.24) is 5.32 Å². The third kappa shape index (κ3) is 4.65. The Morgan fingerprint density at radius 1 is 1.08 bits per heavy atom. The molecular weight excluding hydrogens is 307 g/mol. The minimum absolute atomic E-state index is 0.245. The average molecular weight is 328 g/mol. The SMILES string of the molecule is CC(=O)N(c1ccc(F)cc1)[C@@H](C)C(=O)NCCc1ccccc1. The molecule has 2 rings (SSSR count). The highest BCUT2D eigenvalue weighted by Gasteiger charge is 2.24. The second-order valence-corrected chi connectivity index (χ2v) is 5.57. The molecule has 0 spiro atoms. The van der Waals surface area contributed by atoms with Crippen molar-refractivity contribution >= 4 is 17.5 Å². The molecule has 0 unspecified atom stereocenters. The zero-order valence-corrected chi connectivity index (χ0v) is 13.8. The molecular formula is C19H21FN2O2. The Bertz CT molecular complexity index is 686. The Hall–Kier alpha value is -2.69. The van der Waals surface area contributed by atoms with E-state index < -0.39 is 6.04 Å². The van der Waals surface area contributed by atoms with Crippen LogP contribution in [-0.2, 0) is 16.0 Å². The molecule has 2 amide bonds. The summed E-state index contributed by atoms with van der Waals surface area (Å²) in [6.07, 6.45) is 0.718. The van der Waals surface area contributed by atoms with E-state index in [1.165, 1.54) is 36.1 Å². The van der Waals surface area contributed by atoms with Gasteiger partial charge >= 0.3 is 0 Å². The van der Waals surface area contributed by atoms with Gasteiger partial charge in [-0.25, -0.2) is 4.39 Å². The van der Waals surface area contributed by atoms with Crippen molar-refractivity contribution in [2.75, 3.05) is 11.4 Å². The summed E-state index contributed by atoms with van der Waals surface area (Å²) in [5, 5.41) is 2.84. The van der Waals surface area contributed by atoms with E-state index in [1.54, 1.807) is 6.92 Å². The van der Waals surface area contributed by atoms with Crippen LogP contribution in [0.3, 0.4) is 0 Å². The molecule has 24 heavy (non-hydrogen) atoms. The predicted octanol–water partition coefficient (Wildman–Crippen LogP) is 2.93. The maximum atomic E-state index is 13.1. The maximum Gasteiger partial charge on any atom is 0.242 e. The standard InChI is InChI=1S/C19H21FN2O2/c1-14(19(24)21-13-12-16-6-4-3-5-7-16)22(15(2)23)18-10-8-17(20)9-11-18/h3-11,14H,12-13H2,1-2H3,(H,21,24)/t14-/m0/s1. The van der Waals surface area contributed by atoms with Crippen LogP contribution in [0.2, 0.25) is 0 Å². The van der Waals surface area contributed by atoms with Crippen LogP contribution in [-0.4, -0.2) is 24.4 Å². The Kier molecular flexibility index (Phi) is 6.07. The molecule has 1 atom stereocenters. The van der Waals surface area contributed by atoms with Crippen molar-refractivity contribution in [3.05, 3.63) is 66.0 Å². The lowest BCUT2D eigenvalue weighted by Crippen LogP contribution is -2.48. The summed E-state index contributed by atoms with van der Waals surface area (Å²) in [4.78, 5) is 25.6. The van der Waals surface area contributed by atoms with Crippen LogP contribution >= 0.6 is 0 Å². The molecule has 0 aromatic heterocycles. The second kappa shape index (κ2) is 8.24. The molecule has 1 N–H and O–H groups in total. The van der Waals surface area contributed by atoms with Crippen LogP contribution in [0.1, 0.15) is 19.4 Å². The first-order valence-electron chi connectivity index (χ1n) is 7.86. The van der Waals surface area contributed by atoms with Crippen LogP contribution in [0.5, 0.6) is 0 Å². The summed E-state index contributed by atoms with van der Waals surface area (Å²) < 4.78 is 13.1. The summed E-state index contributed by atoms with van der Waals surface area (Å²) in [5.74, 6) is -0.903. The number of hydrogen-bond donors (Lipinski definition) is 1. The Balaban J connectivity index is 1.98. The van der Waals surface area contributed by atoms with Gasteiger partial charge in [0.2, 0.25) is 11.8 Å². The third-order valence-corrected chi connectivity index (χ3v) is 3.77. The molecule has 2 aromatic rings. The van der Waals surface area contributed by atoms with Crippen molar-refractivity contribution in [1.29, 1.82) is 0 Å². The van der Waals surface area contributed by atoms with Gasteiger partial charge in [-0.05, 0) is 43.2 Å². The minimum Gasteiger partial charge on any atom is -0.354 e. The van der Waals surface area contributed by atoms with Gasteiger partial charge in [-0.2, -0.15) is 0 Å². The topological polar surface area (TPSA) is 49.4 Å². The van der Waals surface area contributed by atoms with Gasteiger partial charge in [-0.3, -0.25) is 9.59 Å². The molecule has 0 aliphatic heterocycles. The van der Waals surface area contributed by atoms with Gasteiger partial charge in [0.15, 0.2) is 0 Å². The first kappa shape index (κ1) is 17.7. The molecule has 0 saturated heterocycles. The molecule has 126 valence electrons. The Morgan fingerprint density at radius 3 is 2.29 bits per heavy atom. The molecule has 0 heterocycles. The number of rotatable bonds is 6. The molecule has 0 fully saturated rings. The fourth-order valence-electron chi connectivity index (χ4n) is 2.52. The zero-order chi connectivity index (χ0) is 17.5. The highest BCUT2D eigenvalue weighted by Crippen LogP contribution is 2.18. The fourth-order valence-corrected chi connectivity index (χ4v) is 2.52. The van der Waals surface area contributed by atoms with E-state index in [-0.39, 0.29) is 17.6 Å². The number of anilines is 1. The lowest BCUT2D eigenvalue weighted by molar-refractivity contribution is -0.125. The van der Waals surface area contributed by atoms with Gasteiger partial charge in [0.25, 0.3) is 0 Å². The number of amides is 2. The second-order valence-electron chi connectivity index (χ2n) is 5.57. The number of halogens is 1. The molecule has 5 heteroatoms. The average Bonchev–Trinajstić information content (AvgIpc) is 2.57. The Labute approximate surface area is 141 Å². The van der Waals surface area contributed by atoms with Gasteiger partial charge in [0.1, 0.15) is 11.9 Å². The lowest BCUT2D eigenvalue weighted by atomic mass is 10.1.